The van der Waals surface area contributed by atoms with Gasteiger partial charge in [-0.15, -0.1) is 11.8 Å². The third kappa shape index (κ3) is 5.36. The molecule has 1 aromatic heterocycles. The Balaban J connectivity index is 1.57. The van der Waals surface area contributed by atoms with Crippen LogP contribution in [0.5, 0.6) is 0 Å². The average molecular weight is 463 g/mol. The zero-order valence-electron chi connectivity index (χ0n) is 16.8. The van der Waals surface area contributed by atoms with E-state index in [-0.39, 0.29) is 39.4 Å². The van der Waals surface area contributed by atoms with Crippen molar-refractivity contribution < 1.29 is 14.0 Å². The van der Waals surface area contributed by atoms with Gasteiger partial charge >= 0.3 is 0 Å². The molecule has 0 aliphatic heterocycles. The molecule has 0 saturated heterocycles. The van der Waals surface area contributed by atoms with Crippen molar-refractivity contribution in [3.05, 3.63) is 75.4 Å². The quantitative estimate of drug-likeness (QED) is 0.562. The van der Waals surface area contributed by atoms with Crippen LogP contribution in [0.3, 0.4) is 0 Å². The fraction of sp³-hybridized carbons (Fsp3) is 0.190. The molecular weight excluding hydrogens is 443 g/mol. The SMILES string of the molecule is Cc1c(NC(=O)CSCC(=O)Nc2ccc(Cl)c(F)c2)c(=O)n(-c2ccccc2)n1C. The summed E-state index contributed by atoms with van der Waals surface area (Å²) in [6, 6.07) is 13.0. The van der Waals surface area contributed by atoms with E-state index in [1.165, 1.54) is 16.8 Å². The second-order valence-electron chi connectivity index (χ2n) is 6.65. The zero-order valence-corrected chi connectivity index (χ0v) is 18.4. The van der Waals surface area contributed by atoms with Crippen molar-refractivity contribution in [1.82, 2.24) is 9.36 Å². The topological polar surface area (TPSA) is 85.1 Å². The maximum atomic E-state index is 13.4. The molecule has 2 N–H and O–H groups in total. The molecule has 162 valence electrons. The Morgan fingerprint density at radius 2 is 1.71 bits per heavy atom. The fourth-order valence-corrected chi connectivity index (χ4v) is 3.63. The Hall–Kier alpha value is -3.04. The minimum atomic E-state index is -0.633. The monoisotopic (exact) mass is 462 g/mol. The lowest BCUT2D eigenvalue weighted by atomic mass is 10.3. The van der Waals surface area contributed by atoms with Crippen molar-refractivity contribution >= 4 is 46.6 Å². The Labute approximate surface area is 187 Å². The van der Waals surface area contributed by atoms with Crippen LogP contribution >= 0.6 is 23.4 Å². The van der Waals surface area contributed by atoms with E-state index in [1.807, 2.05) is 18.2 Å². The second-order valence-corrected chi connectivity index (χ2v) is 8.05. The average Bonchev–Trinajstić information content (AvgIpc) is 2.94. The van der Waals surface area contributed by atoms with Gasteiger partial charge in [-0.2, -0.15) is 0 Å². The van der Waals surface area contributed by atoms with Crippen LogP contribution < -0.4 is 16.2 Å². The van der Waals surface area contributed by atoms with Gasteiger partial charge in [0.25, 0.3) is 5.56 Å². The molecule has 31 heavy (non-hydrogen) atoms. The molecule has 0 radical (unpaired) electrons. The Kier molecular flexibility index (Phi) is 7.19. The normalized spacial score (nSPS) is 10.7. The molecule has 3 rings (SSSR count). The second kappa shape index (κ2) is 9.84. The van der Waals surface area contributed by atoms with Crippen LogP contribution in [0.15, 0.2) is 53.3 Å². The van der Waals surface area contributed by atoms with E-state index >= 15 is 0 Å². The fourth-order valence-electron chi connectivity index (χ4n) is 2.90. The van der Waals surface area contributed by atoms with Gasteiger partial charge < -0.3 is 10.6 Å². The minimum Gasteiger partial charge on any atom is -0.325 e. The van der Waals surface area contributed by atoms with Crippen molar-refractivity contribution in [3.63, 3.8) is 0 Å². The Morgan fingerprint density at radius 1 is 1.06 bits per heavy atom. The molecule has 0 aliphatic carbocycles. The molecule has 2 amide bonds. The number of halogens is 2. The first-order chi connectivity index (χ1) is 14.8. The number of nitrogens with zero attached hydrogens (tertiary/aromatic N) is 2. The molecule has 0 aliphatic rings. The largest absolute Gasteiger partial charge is 0.325 e. The predicted octanol–water partition coefficient (Wildman–Crippen LogP) is 3.59. The summed E-state index contributed by atoms with van der Waals surface area (Å²) in [6.07, 6.45) is 0. The lowest BCUT2D eigenvalue weighted by Gasteiger charge is -2.07. The van der Waals surface area contributed by atoms with Gasteiger partial charge in [-0.25, -0.2) is 9.07 Å². The molecule has 0 saturated carbocycles. The van der Waals surface area contributed by atoms with Gasteiger partial charge in [-0.3, -0.25) is 19.1 Å². The number of carbonyl (C=O) groups excluding carboxylic acids is 2. The van der Waals surface area contributed by atoms with E-state index in [2.05, 4.69) is 10.6 Å². The molecule has 0 spiro atoms. The van der Waals surface area contributed by atoms with E-state index in [0.717, 1.165) is 17.8 Å². The highest BCUT2D eigenvalue weighted by Crippen LogP contribution is 2.19. The number of aromatic nitrogens is 2. The van der Waals surface area contributed by atoms with E-state index in [4.69, 9.17) is 11.6 Å². The number of anilines is 2. The van der Waals surface area contributed by atoms with Gasteiger partial charge in [0.15, 0.2) is 0 Å². The smallest absolute Gasteiger partial charge is 0.295 e. The summed E-state index contributed by atoms with van der Waals surface area (Å²) in [6.45, 7) is 1.74. The molecule has 0 fully saturated rings. The predicted molar refractivity (Wildman–Crippen MR) is 122 cm³/mol. The highest BCUT2D eigenvalue weighted by Gasteiger charge is 2.18. The third-order valence-electron chi connectivity index (χ3n) is 4.49. The van der Waals surface area contributed by atoms with Crippen LogP contribution in [-0.2, 0) is 16.6 Å². The standard InChI is InChI=1S/C21H20ClFN4O3S/c1-13-20(21(30)27(26(13)2)15-6-4-3-5-7-15)25-19(29)12-31-11-18(28)24-14-8-9-16(22)17(23)10-14/h3-10H,11-12H2,1-2H3,(H,24,28)(H,25,29). The first-order valence-electron chi connectivity index (χ1n) is 9.24. The van der Waals surface area contributed by atoms with Crippen LogP contribution in [0.4, 0.5) is 15.8 Å². The van der Waals surface area contributed by atoms with Crippen LogP contribution in [-0.4, -0.2) is 32.7 Å². The summed E-state index contributed by atoms with van der Waals surface area (Å²) in [4.78, 5) is 37.1. The van der Waals surface area contributed by atoms with Crippen molar-refractivity contribution in [2.45, 2.75) is 6.92 Å². The van der Waals surface area contributed by atoms with Crippen molar-refractivity contribution in [1.29, 1.82) is 0 Å². The minimum absolute atomic E-state index is 0.0142. The number of hydrogen-bond donors (Lipinski definition) is 2. The summed E-state index contributed by atoms with van der Waals surface area (Å²) in [5, 5.41) is 5.13. The van der Waals surface area contributed by atoms with Crippen LogP contribution in [0.25, 0.3) is 5.69 Å². The van der Waals surface area contributed by atoms with Gasteiger partial charge in [0.1, 0.15) is 11.5 Å². The molecule has 2 aromatic carbocycles. The number of amides is 2. The van der Waals surface area contributed by atoms with Crippen molar-refractivity contribution in [2.75, 3.05) is 22.1 Å². The van der Waals surface area contributed by atoms with Gasteiger partial charge in [0.2, 0.25) is 11.8 Å². The third-order valence-corrected chi connectivity index (χ3v) is 5.73. The van der Waals surface area contributed by atoms with Crippen LogP contribution in [0.1, 0.15) is 5.69 Å². The number of benzene rings is 2. The molecule has 1 heterocycles. The number of rotatable bonds is 7. The lowest BCUT2D eigenvalue weighted by molar-refractivity contribution is -0.114. The molecule has 0 atom stereocenters. The molecule has 10 heteroatoms. The van der Waals surface area contributed by atoms with E-state index in [9.17, 15) is 18.8 Å². The number of carbonyl (C=O) groups is 2. The van der Waals surface area contributed by atoms with E-state index in [0.29, 0.717) is 11.4 Å². The highest BCUT2D eigenvalue weighted by molar-refractivity contribution is 8.00. The van der Waals surface area contributed by atoms with Gasteiger partial charge in [0.05, 0.1) is 27.9 Å². The highest BCUT2D eigenvalue weighted by atomic mass is 35.5. The summed E-state index contributed by atoms with van der Waals surface area (Å²) in [5.41, 5.74) is 1.42. The summed E-state index contributed by atoms with van der Waals surface area (Å²) < 4.78 is 16.6. The lowest BCUT2D eigenvalue weighted by Crippen LogP contribution is -2.24. The van der Waals surface area contributed by atoms with Crippen molar-refractivity contribution in [3.8, 4) is 5.69 Å². The molecule has 0 unspecified atom stereocenters. The van der Waals surface area contributed by atoms with E-state index in [1.54, 1.807) is 30.8 Å². The maximum absolute atomic E-state index is 13.4. The van der Waals surface area contributed by atoms with Gasteiger partial charge in [-0.1, -0.05) is 29.8 Å². The number of thioether (sulfide) groups is 1. The maximum Gasteiger partial charge on any atom is 0.295 e. The van der Waals surface area contributed by atoms with Gasteiger partial charge in [-0.05, 0) is 37.3 Å². The van der Waals surface area contributed by atoms with Crippen molar-refractivity contribution in [2.24, 2.45) is 7.05 Å². The first kappa shape index (κ1) is 22.6. The van der Waals surface area contributed by atoms with Crippen LogP contribution in [0, 0.1) is 12.7 Å². The first-order valence-corrected chi connectivity index (χ1v) is 10.8. The molecule has 0 bridgehead atoms. The number of hydrogen-bond acceptors (Lipinski definition) is 4. The number of nitrogens with one attached hydrogen (secondary N) is 2. The summed E-state index contributed by atoms with van der Waals surface area (Å²) in [7, 11) is 1.73. The summed E-state index contributed by atoms with van der Waals surface area (Å²) in [5.74, 6) is -1.46. The summed E-state index contributed by atoms with van der Waals surface area (Å²) >= 11 is 6.68. The Morgan fingerprint density at radius 3 is 2.35 bits per heavy atom. The molecule has 7 nitrogen and oxygen atoms in total. The zero-order chi connectivity index (χ0) is 22.5. The van der Waals surface area contributed by atoms with E-state index < -0.39 is 11.7 Å². The Bertz CT molecular complexity index is 1180. The van der Waals surface area contributed by atoms with Gasteiger partial charge in [0, 0.05) is 12.7 Å². The molecule has 3 aromatic rings. The number of para-hydroxylation sites is 1. The van der Waals surface area contributed by atoms with Crippen LogP contribution in [0.2, 0.25) is 5.02 Å². The molecular formula is C21H20ClFN4O3S.